The molecule has 0 N–H and O–H groups in total. The minimum absolute atomic E-state index is 0.0681. The zero-order valence-corrected chi connectivity index (χ0v) is 11.9. The molecule has 0 unspecified atom stereocenters. The molecule has 0 spiro atoms. The SMILES string of the molecule is O=[N+]([O-])c1ccc(OCc2cncc(Br)c2)c(Cl)c1. The van der Waals surface area contributed by atoms with Crippen molar-refractivity contribution in [2.45, 2.75) is 6.61 Å². The van der Waals surface area contributed by atoms with Crippen molar-refractivity contribution in [3.8, 4) is 5.75 Å². The number of benzene rings is 1. The summed E-state index contributed by atoms with van der Waals surface area (Å²) in [5.74, 6) is 0.396. The van der Waals surface area contributed by atoms with Crippen LogP contribution in [-0.2, 0) is 6.61 Å². The molecule has 0 aliphatic heterocycles. The molecule has 0 radical (unpaired) electrons. The summed E-state index contributed by atoms with van der Waals surface area (Å²) < 4.78 is 6.35. The van der Waals surface area contributed by atoms with Crippen LogP contribution in [0.2, 0.25) is 5.02 Å². The summed E-state index contributed by atoms with van der Waals surface area (Å²) in [6.45, 7) is 0.282. The summed E-state index contributed by atoms with van der Waals surface area (Å²) in [6.07, 6.45) is 3.34. The Morgan fingerprint density at radius 1 is 1.37 bits per heavy atom. The molecule has 2 aromatic rings. The molecular formula is C12H8BrClN2O3. The highest BCUT2D eigenvalue weighted by atomic mass is 79.9. The van der Waals surface area contributed by atoms with Gasteiger partial charge in [0.05, 0.1) is 9.95 Å². The molecule has 0 fully saturated rings. The number of hydrogen-bond acceptors (Lipinski definition) is 4. The molecule has 0 aliphatic carbocycles. The standard InChI is InChI=1S/C12H8BrClN2O3/c13-9-3-8(5-15-6-9)7-19-12-2-1-10(16(17)18)4-11(12)14/h1-6H,7H2. The van der Waals surface area contributed by atoms with Crippen LogP contribution >= 0.6 is 27.5 Å². The molecule has 0 atom stereocenters. The minimum atomic E-state index is -0.506. The van der Waals surface area contributed by atoms with E-state index in [1.54, 1.807) is 12.4 Å². The van der Waals surface area contributed by atoms with Gasteiger partial charge >= 0.3 is 0 Å². The maximum Gasteiger partial charge on any atom is 0.271 e. The van der Waals surface area contributed by atoms with Gasteiger partial charge in [0.2, 0.25) is 0 Å². The van der Waals surface area contributed by atoms with Crippen molar-refractivity contribution in [3.63, 3.8) is 0 Å². The average Bonchev–Trinajstić information content (AvgIpc) is 2.37. The number of nitro groups is 1. The van der Waals surface area contributed by atoms with Crippen LogP contribution in [0.25, 0.3) is 0 Å². The Bertz CT molecular complexity index is 622. The van der Waals surface area contributed by atoms with Crippen molar-refractivity contribution in [2.75, 3.05) is 0 Å². The molecular weight excluding hydrogens is 336 g/mol. The van der Waals surface area contributed by atoms with Gasteiger partial charge in [0.1, 0.15) is 12.4 Å². The van der Waals surface area contributed by atoms with Crippen LogP contribution in [0.15, 0.2) is 41.1 Å². The number of non-ortho nitro benzene ring substituents is 1. The molecule has 0 amide bonds. The summed E-state index contributed by atoms with van der Waals surface area (Å²) in [7, 11) is 0. The van der Waals surface area contributed by atoms with E-state index in [1.165, 1.54) is 18.2 Å². The zero-order chi connectivity index (χ0) is 13.8. The number of hydrogen-bond donors (Lipinski definition) is 0. The number of pyridine rings is 1. The predicted octanol–water partition coefficient (Wildman–Crippen LogP) is 3.98. The normalized spacial score (nSPS) is 10.2. The summed E-state index contributed by atoms with van der Waals surface area (Å²) in [6, 6.07) is 5.95. The van der Waals surface area contributed by atoms with Crippen LogP contribution in [0.4, 0.5) is 5.69 Å². The smallest absolute Gasteiger partial charge is 0.271 e. The zero-order valence-electron chi connectivity index (χ0n) is 9.55. The van der Waals surface area contributed by atoms with Gasteiger partial charge in [-0.3, -0.25) is 15.1 Å². The van der Waals surface area contributed by atoms with Crippen molar-refractivity contribution in [3.05, 3.63) is 61.8 Å². The average molecular weight is 344 g/mol. The van der Waals surface area contributed by atoms with E-state index in [-0.39, 0.29) is 17.3 Å². The summed E-state index contributed by atoms with van der Waals surface area (Å²) in [5.41, 5.74) is 0.797. The molecule has 1 heterocycles. The van der Waals surface area contributed by atoms with Gasteiger partial charge in [-0.2, -0.15) is 0 Å². The third-order valence-corrected chi connectivity index (χ3v) is 3.01. The van der Waals surface area contributed by atoms with Crippen molar-refractivity contribution in [2.24, 2.45) is 0 Å². The Kier molecular flexibility index (Phi) is 4.34. The maximum atomic E-state index is 10.6. The highest BCUT2D eigenvalue weighted by Crippen LogP contribution is 2.29. The molecule has 1 aromatic heterocycles. The molecule has 5 nitrogen and oxygen atoms in total. The highest BCUT2D eigenvalue weighted by Gasteiger charge is 2.10. The Hall–Kier alpha value is -1.66. The van der Waals surface area contributed by atoms with Gasteiger partial charge < -0.3 is 4.74 Å². The van der Waals surface area contributed by atoms with Crippen LogP contribution in [-0.4, -0.2) is 9.91 Å². The van der Waals surface area contributed by atoms with Gasteiger partial charge in [0.15, 0.2) is 0 Å². The second-order valence-corrected chi connectivity index (χ2v) is 4.99. The highest BCUT2D eigenvalue weighted by molar-refractivity contribution is 9.10. The Labute approximate surface area is 122 Å². The van der Waals surface area contributed by atoms with E-state index in [2.05, 4.69) is 20.9 Å². The lowest BCUT2D eigenvalue weighted by Crippen LogP contribution is -1.97. The van der Waals surface area contributed by atoms with Gasteiger partial charge in [-0.25, -0.2) is 0 Å². The lowest BCUT2D eigenvalue weighted by molar-refractivity contribution is -0.384. The van der Waals surface area contributed by atoms with E-state index < -0.39 is 4.92 Å². The van der Waals surface area contributed by atoms with E-state index in [0.717, 1.165) is 10.0 Å². The summed E-state index contributed by atoms with van der Waals surface area (Å²) in [5, 5.41) is 10.8. The number of rotatable bonds is 4. The van der Waals surface area contributed by atoms with E-state index in [9.17, 15) is 10.1 Å². The molecule has 19 heavy (non-hydrogen) atoms. The van der Waals surface area contributed by atoms with Crippen molar-refractivity contribution >= 4 is 33.2 Å². The number of ether oxygens (including phenoxy) is 1. The van der Waals surface area contributed by atoms with E-state index in [4.69, 9.17) is 16.3 Å². The first-order valence-corrected chi connectivity index (χ1v) is 6.39. The number of aromatic nitrogens is 1. The van der Waals surface area contributed by atoms with E-state index in [1.807, 2.05) is 6.07 Å². The molecule has 98 valence electrons. The number of nitro benzene ring substituents is 1. The van der Waals surface area contributed by atoms with Crippen molar-refractivity contribution in [1.29, 1.82) is 0 Å². The molecule has 0 saturated heterocycles. The largest absolute Gasteiger partial charge is 0.487 e. The first-order valence-electron chi connectivity index (χ1n) is 5.22. The molecule has 0 saturated carbocycles. The van der Waals surface area contributed by atoms with Crippen molar-refractivity contribution in [1.82, 2.24) is 4.98 Å². The Morgan fingerprint density at radius 3 is 2.79 bits per heavy atom. The number of halogens is 2. The first-order chi connectivity index (χ1) is 9.06. The fraction of sp³-hybridized carbons (Fsp3) is 0.0833. The fourth-order valence-electron chi connectivity index (χ4n) is 1.42. The lowest BCUT2D eigenvalue weighted by atomic mass is 10.3. The maximum absolute atomic E-state index is 10.6. The first kappa shape index (κ1) is 13.8. The summed E-state index contributed by atoms with van der Waals surface area (Å²) in [4.78, 5) is 14.1. The van der Waals surface area contributed by atoms with Crippen LogP contribution in [0.5, 0.6) is 5.75 Å². The van der Waals surface area contributed by atoms with Crippen LogP contribution in [0, 0.1) is 10.1 Å². The quantitative estimate of drug-likeness (QED) is 0.622. The lowest BCUT2D eigenvalue weighted by Gasteiger charge is -2.07. The van der Waals surface area contributed by atoms with Crippen molar-refractivity contribution < 1.29 is 9.66 Å². The van der Waals surface area contributed by atoms with E-state index >= 15 is 0 Å². The number of nitrogens with zero attached hydrogens (tertiary/aromatic N) is 2. The van der Waals surface area contributed by atoms with Gasteiger partial charge in [-0.15, -0.1) is 0 Å². The molecule has 7 heteroatoms. The molecule has 2 rings (SSSR count). The monoisotopic (exact) mass is 342 g/mol. The molecule has 1 aromatic carbocycles. The van der Waals surface area contributed by atoms with Gasteiger partial charge in [0.25, 0.3) is 5.69 Å². The van der Waals surface area contributed by atoms with Crippen LogP contribution < -0.4 is 4.74 Å². The second kappa shape index (κ2) is 5.99. The van der Waals surface area contributed by atoms with Gasteiger partial charge in [-0.1, -0.05) is 11.6 Å². The molecule has 0 bridgehead atoms. The Balaban J connectivity index is 2.10. The topological polar surface area (TPSA) is 65.3 Å². The van der Waals surface area contributed by atoms with Crippen LogP contribution in [0.3, 0.4) is 0 Å². The minimum Gasteiger partial charge on any atom is -0.487 e. The van der Waals surface area contributed by atoms with Gasteiger partial charge in [0, 0.05) is 34.6 Å². The molecule has 0 aliphatic rings. The Morgan fingerprint density at radius 2 is 2.16 bits per heavy atom. The predicted molar refractivity (Wildman–Crippen MR) is 74.4 cm³/mol. The van der Waals surface area contributed by atoms with Crippen LogP contribution in [0.1, 0.15) is 5.56 Å². The van der Waals surface area contributed by atoms with E-state index in [0.29, 0.717) is 5.75 Å². The third kappa shape index (κ3) is 3.65. The second-order valence-electron chi connectivity index (χ2n) is 3.67. The third-order valence-electron chi connectivity index (χ3n) is 2.28. The summed E-state index contributed by atoms with van der Waals surface area (Å²) >= 11 is 9.23. The fourth-order valence-corrected chi connectivity index (χ4v) is 2.06. The van der Waals surface area contributed by atoms with Gasteiger partial charge in [-0.05, 0) is 28.1 Å².